The lowest BCUT2D eigenvalue weighted by Gasteiger charge is -2.22. The first-order valence-electron chi connectivity index (χ1n) is 7.66. The molecule has 3 heteroatoms. The zero-order chi connectivity index (χ0) is 15.2. The number of nitrogens with one attached hydrogen (secondary N) is 1. The van der Waals surface area contributed by atoms with Gasteiger partial charge in [-0.05, 0) is 57.0 Å². The lowest BCUT2D eigenvalue weighted by molar-refractivity contribution is 0.242. The molecule has 114 valence electrons. The van der Waals surface area contributed by atoms with Crippen molar-refractivity contribution in [2.75, 3.05) is 0 Å². The van der Waals surface area contributed by atoms with E-state index in [1.54, 1.807) is 6.26 Å². The second-order valence-corrected chi connectivity index (χ2v) is 5.60. The van der Waals surface area contributed by atoms with Crippen LogP contribution in [0.25, 0.3) is 0 Å². The van der Waals surface area contributed by atoms with Crippen LogP contribution in [-0.4, -0.2) is 6.10 Å². The summed E-state index contributed by atoms with van der Waals surface area (Å²) in [5.74, 6) is 1.90. The third-order valence-electron chi connectivity index (χ3n) is 3.48. The van der Waals surface area contributed by atoms with E-state index >= 15 is 0 Å². The third-order valence-corrected chi connectivity index (χ3v) is 3.48. The highest BCUT2D eigenvalue weighted by Gasteiger charge is 2.16. The smallest absolute Gasteiger partial charge is 0.120 e. The average Bonchev–Trinajstić information content (AvgIpc) is 2.98. The van der Waals surface area contributed by atoms with Crippen LogP contribution < -0.4 is 10.1 Å². The largest absolute Gasteiger partial charge is 0.491 e. The van der Waals surface area contributed by atoms with Gasteiger partial charge in [-0.25, -0.2) is 0 Å². The molecule has 3 nitrogen and oxygen atoms in total. The van der Waals surface area contributed by atoms with Crippen molar-refractivity contribution < 1.29 is 9.15 Å². The fraction of sp³-hybridized carbons (Fsp3) is 0.444. The van der Waals surface area contributed by atoms with Crippen LogP contribution in [0.4, 0.5) is 0 Å². The van der Waals surface area contributed by atoms with Crippen molar-refractivity contribution in [2.45, 2.75) is 52.3 Å². The highest BCUT2D eigenvalue weighted by Crippen LogP contribution is 2.25. The molecule has 0 aliphatic carbocycles. The first-order chi connectivity index (χ1) is 10.1. The molecule has 0 spiro atoms. The first kappa shape index (κ1) is 15.6. The summed E-state index contributed by atoms with van der Waals surface area (Å²) < 4.78 is 11.3. The number of ether oxygens (including phenoxy) is 1. The molecule has 0 aliphatic rings. The molecule has 1 N–H and O–H groups in total. The van der Waals surface area contributed by atoms with Gasteiger partial charge in [0.2, 0.25) is 0 Å². The predicted octanol–water partition coefficient (Wildman–Crippen LogP) is 4.87. The Labute approximate surface area is 127 Å². The molecule has 1 heterocycles. The van der Waals surface area contributed by atoms with E-state index in [4.69, 9.17) is 9.15 Å². The molecule has 0 aliphatic heterocycles. The molecule has 0 saturated heterocycles. The molecular formula is C18H25NO2. The zero-order valence-corrected chi connectivity index (χ0v) is 13.3. The monoisotopic (exact) mass is 287 g/mol. The number of benzene rings is 1. The first-order valence-corrected chi connectivity index (χ1v) is 7.66. The Morgan fingerprint density at radius 2 is 1.95 bits per heavy atom. The SMILES string of the molecule is CCC(NC(C)c1cccc(OC(C)C)c1)c1ccco1. The van der Waals surface area contributed by atoms with Gasteiger partial charge in [0.05, 0.1) is 18.4 Å². The summed E-state index contributed by atoms with van der Waals surface area (Å²) in [5, 5.41) is 3.62. The molecular weight excluding hydrogens is 262 g/mol. The molecule has 0 saturated carbocycles. The standard InChI is InChI=1S/C18H25NO2/c1-5-17(18-10-7-11-20-18)19-14(4)15-8-6-9-16(12-15)21-13(2)3/h6-14,17,19H,5H2,1-4H3. The minimum absolute atomic E-state index is 0.190. The van der Waals surface area contributed by atoms with Gasteiger partial charge in [-0.3, -0.25) is 0 Å². The van der Waals surface area contributed by atoms with Gasteiger partial charge < -0.3 is 14.5 Å². The number of rotatable bonds is 7. The maximum absolute atomic E-state index is 5.76. The van der Waals surface area contributed by atoms with E-state index in [9.17, 15) is 0 Å². The summed E-state index contributed by atoms with van der Waals surface area (Å²) in [7, 11) is 0. The second kappa shape index (κ2) is 7.32. The quantitative estimate of drug-likeness (QED) is 0.789. The maximum atomic E-state index is 5.76. The van der Waals surface area contributed by atoms with Gasteiger partial charge in [-0.2, -0.15) is 0 Å². The number of hydrogen-bond donors (Lipinski definition) is 1. The van der Waals surface area contributed by atoms with Gasteiger partial charge >= 0.3 is 0 Å². The predicted molar refractivity (Wildman–Crippen MR) is 85.5 cm³/mol. The Morgan fingerprint density at radius 1 is 1.14 bits per heavy atom. The summed E-state index contributed by atoms with van der Waals surface area (Å²) in [5.41, 5.74) is 1.22. The van der Waals surface area contributed by atoms with Crippen molar-refractivity contribution in [3.8, 4) is 5.75 Å². The summed E-state index contributed by atoms with van der Waals surface area (Å²) >= 11 is 0. The molecule has 2 rings (SSSR count). The van der Waals surface area contributed by atoms with Crippen molar-refractivity contribution in [3.63, 3.8) is 0 Å². The van der Waals surface area contributed by atoms with E-state index in [2.05, 4.69) is 31.3 Å². The van der Waals surface area contributed by atoms with Gasteiger partial charge in [-0.1, -0.05) is 19.1 Å². The fourth-order valence-electron chi connectivity index (χ4n) is 2.42. The molecule has 2 unspecified atom stereocenters. The van der Waals surface area contributed by atoms with Gasteiger partial charge in [-0.15, -0.1) is 0 Å². The molecule has 2 aromatic rings. The highest BCUT2D eigenvalue weighted by atomic mass is 16.5. The molecule has 0 radical (unpaired) electrons. The van der Waals surface area contributed by atoms with Crippen LogP contribution in [0.3, 0.4) is 0 Å². The van der Waals surface area contributed by atoms with Crippen LogP contribution in [0, 0.1) is 0 Å². The summed E-state index contributed by atoms with van der Waals surface area (Å²) in [6.45, 7) is 8.40. The molecule has 21 heavy (non-hydrogen) atoms. The zero-order valence-electron chi connectivity index (χ0n) is 13.3. The normalized spacial score (nSPS) is 14.1. The Morgan fingerprint density at radius 3 is 2.57 bits per heavy atom. The van der Waals surface area contributed by atoms with E-state index in [-0.39, 0.29) is 18.2 Å². The molecule has 0 fully saturated rings. The van der Waals surface area contributed by atoms with Crippen LogP contribution in [0.15, 0.2) is 47.1 Å². The van der Waals surface area contributed by atoms with Crippen LogP contribution in [-0.2, 0) is 0 Å². The Bertz CT molecular complexity index is 534. The molecule has 0 amide bonds. The van der Waals surface area contributed by atoms with E-state index in [1.807, 2.05) is 38.1 Å². The molecule has 1 aromatic carbocycles. The van der Waals surface area contributed by atoms with E-state index < -0.39 is 0 Å². The lowest BCUT2D eigenvalue weighted by Crippen LogP contribution is -2.24. The van der Waals surface area contributed by atoms with Crippen molar-refractivity contribution >= 4 is 0 Å². The number of hydrogen-bond acceptors (Lipinski definition) is 3. The fourth-order valence-corrected chi connectivity index (χ4v) is 2.42. The molecule has 1 aromatic heterocycles. The lowest BCUT2D eigenvalue weighted by atomic mass is 10.1. The van der Waals surface area contributed by atoms with Gasteiger partial charge in [0.25, 0.3) is 0 Å². The Kier molecular flexibility index (Phi) is 5.45. The number of furan rings is 1. The van der Waals surface area contributed by atoms with Crippen LogP contribution in [0.2, 0.25) is 0 Å². The Hall–Kier alpha value is -1.74. The van der Waals surface area contributed by atoms with E-state index in [0.29, 0.717) is 0 Å². The summed E-state index contributed by atoms with van der Waals surface area (Å²) in [6, 6.07) is 12.7. The van der Waals surface area contributed by atoms with Gasteiger partial charge in [0.15, 0.2) is 0 Å². The molecule has 2 atom stereocenters. The minimum atomic E-state index is 0.190. The minimum Gasteiger partial charge on any atom is -0.491 e. The Balaban J connectivity index is 2.07. The topological polar surface area (TPSA) is 34.4 Å². The van der Waals surface area contributed by atoms with Gasteiger partial charge in [0.1, 0.15) is 11.5 Å². The van der Waals surface area contributed by atoms with Gasteiger partial charge in [0, 0.05) is 6.04 Å². The van der Waals surface area contributed by atoms with Crippen LogP contribution >= 0.6 is 0 Å². The van der Waals surface area contributed by atoms with Crippen molar-refractivity contribution in [3.05, 3.63) is 54.0 Å². The van der Waals surface area contributed by atoms with Crippen molar-refractivity contribution in [2.24, 2.45) is 0 Å². The summed E-state index contributed by atoms with van der Waals surface area (Å²) in [4.78, 5) is 0. The van der Waals surface area contributed by atoms with Crippen LogP contribution in [0.1, 0.15) is 57.5 Å². The van der Waals surface area contributed by atoms with E-state index in [1.165, 1.54) is 5.56 Å². The maximum Gasteiger partial charge on any atom is 0.120 e. The molecule has 0 bridgehead atoms. The van der Waals surface area contributed by atoms with E-state index in [0.717, 1.165) is 17.9 Å². The summed E-state index contributed by atoms with van der Waals surface area (Å²) in [6.07, 6.45) is 2.90. The van der Waals surface area contributed by atoms with Crippen molar-refractivity contribution in [1.82, 2.24) is 5.32 Å². The van der Waals surface area contributed by atoms with Crippen molar-refractivity contribution in [1.29, 1.82) is 0 Å². The highest BCUT2D eigenvalue weighted by molar-refractivity contribution is 5.30. The second-order valence-electron chi connectivity index (χ2n) is 5.60. The third kappa shape index (κ3) is 4.36. The average molecular weight is 287 g/mol. The van der Waals surface area contributed by atoms with Crippen LogP contribution in [0.5, 0.6) is 5.75 Å².